The quantitative estimate of drug-likeness (QED) is 0.698. The minimum atomic E-state index is 0.337. The summed E-state index contributed by atoms with van der Waals surface area (Å²) in [5.74, 6) is 0.337. The lowest BCUT2D eigenvalue weighted by molar-refractivity contribution is -0.108. The Hall–Kier alpha value is -1.15. The van der Waals surface area contributed by atoms with Crippen LogP contribution in [0.4, 0.5) is 0 Å². The monoisotopic (exact) mass is 204 g/mol. The summed E-state index contributed by atoms with van der Waals surface area (Å²) in [7, 11) is 0. The first-order valence-electron chi connectivity index (χ1n) is 4.72. The van der Waals surface area contributed by atoms with Crippen LogP contribution in [-0.4, -0.2) is 6.29 Å². The Labute approximate surface area is 87.4 Å². The van der Waals surface area contributed by atoms with Gasteiger partial charge in [0.15, 0.2) is 0 Å². The number of carbonyl (C=O) groups is 1. The van der Waals surface area contributed by atoms with Crippen molar-refractivity contribution in [3.63, 3.8) is 0 Å². The maximum Gasteiger partial charge on any atom is 0.120 e. The van der Waals surface area contributed by atoms with Crippen molar-refractivity contribution in [2.45, 2.75) is 19.3 Å². The van der Waals surface area contributed by atoms with Gasteiger partial charge in [0.05, 0.1) is 0 Å². The van der Waals surface area contributed by atoms with E-state index in [2.05, 4.69) is 24.4 Å². The van der Waals surface area contributed by atoms with Crippen molar-refractivity contribution in [2.24, 2.45) is 0 Å². The van der Waals surface area contributed by atoms with Crippen LogP contribution in [0.15, 0.2) is 29.6 Å². The molecule has 1 aromatic carbocycles. The van der Waals surface area contributed by atoms with Crippen molar-refractivity contribution in [2.75, 3.05) is 0 Å². The number of carbonyl (C=O) groups excluding carboxylic acids is 1. The van der Waals surface area contributed by atoms with Gasteiger partial charge >= 0.3 is 0 Å². The van der Waals surface area contributed by atoms with E-state index >= 15 is 0 Å². The second-order valence-electron chi connectivity index (χ2n) is 3.49. The molecule has 2 rings (SSSR count). The molecule has 0 aliphatic carbocycles. The number of hydrogen-bond donors (Lipinski definition) is 0. The average Bonchev–Trinajstić information content (AvgIpc) is 2.61. The van der Waals surface area contributed by atoms with Crippen molar-refractivity contribution in [3.05, 3.63) is 35.2 Å². The van der Waals surface area contributed by atoms with Gasteiger partial charge < -0.3 is 4.79 Å². The largest absolute Gasteiger partial charge is 0.303 e. The molecule has 0 N–H and O–H groups in total. The molecular weight excluding hydrogens is 192 g/mol. The SMILES string of the molecule is CC(CC=O)c1csc2ccccc12. The first-order chi connectivity index (χ1) is 6.83. The smallest absolute Gasteiger partial charge is 0.120 e. The number of rotatable bonds is 3. The van der Waals surface area contributed by atoms with Gasteiger partial charge in [0, 0.05) is 11.1 Å². The van der Waals surface area contributed by atoms with E-state index in [9.17, 15) is 4.79 Å². The van der Waals surface area contributed by atoms with Gasteiger partial charge in [-0.1, -0.05) is 25.1 Å². The predicted octanol–water partition coefficient (Wildman–Crippen LogP) is 3.59. The third kappa shape index (κ3) is 1.58. The Balaban J connectivity index is 2.47. The molecule has 2 aromatic rings. The van der Waals surface area contributed by atoms with Crippen LogP contribution in [-0.2, 0) is 4.79 Å². The van der Waals surface area contributed by atoms with Crippen LogP contribution in [0.3, 0.4) is 0 Å². The Bertz CT molecular complexity index is 444. The molecule has 1 aromatic heterocycles. The predicted molar refractivity (Wildman–Crippen MR) is 60.9 cm³/mol. The highest BCUT2D eigenvalue weighted by atomic mass is 32.1. The van der Waals surface area contributed by atoms with Gasteiger partial charge in [0.25, 0.3) is 0 Å². The van der Waals surface area contributed by atoms with E-state index in [0.717, 1.165) is 6.29 Å². The van der Waals surface area contributed by atoms with Crippen LogP contribution >= 0.6 is 11.3 Å². The molecule has 72 valence electrons. The number of benzene rings is 1. The number of aldehydes is 1. The van der Waals surface area contributed by atoms with E-state index in [0.29, 0.717) is 12.3 Å². The summed E-state index contributed by atoms with van der Waals surface area (Å²) in [4.78, 5) is 10.4. The first-order valence-corrected chi connectivity index (χ1v) is 5.60. The standard InChI is InChI=1S/C12H12OS/c1-9(6-7-13)11-8-14-12-5-3-2-4-10(11)12/h2-5,7-9H,6H2,1H3. The molecule has 2 heteroatoms. The molecule has 0 saturated carbocycles. The molecule has 1 heterocycles. The van der Waals surface area contributed by atoms with Crippen LogP contribution in [0.25, 0.3) is 10.1 Å². The number of hydrogen-bond acceptors (Lipinski definition) is 2. The summed E-state index contributed by atoms with van der Waals surface area (Å²) in [6.07, 6.45) is 1.61. The average molecular weight is 204 g/mol. The Morgan fingerprint density at radius 1 is 1.43 bits per heavy atom. The fourth-order valence-corrected chi connectivity index (χ4v) is 2.73. The Kier molecular flexibility index (Phi) is 2.64. The first kappa shape index (κ1) is 9.41. The molecule has 0 aliphatic heterocycles. The van der Waals surface area contributed by atoms with Crippen molar-refractivity contribution >= 4 is 27.7 Å². The van der Waals surface area contributed by atoms with Gasteiger partial charge in [0.2, 0.25) is 0 Å². The molecule has 0 saturated heterocycles. The fourth-order valence-electron chi connectivity index (χ4n) is 1.65. The molecular formula is C12H12OS. The number of fused-ring (bicyclic) bond motifs is 1. The van der Waals surface area contributed by atoms with Gasteiger partial charge in [-0.2, -0.15) is 0 Å². The lowest BCUT2D eigenvalue weighted by atomic mass is 9.98. The number of thiophene rings is 1. The maximum atomic E-state index is 10.4. The molecule has 1 atom stereocenters. The van der Waals surface area contributed by atoms with E-state index in [1.807, 2.05) is 12.1 Å². The second kappa shape index (κ2) is 3.93. The normalized spacial score (nSPS) is 12.9. The van der Waals surface area contributed by atoms with E-state index in [-0.39, 0.29) is 0 Å². The lowest BCUT2D eigenvalue weighted by Crippen LogP contribution is -1.92. The second-order valence-corrected chi connectivity index (χ2v) is 4.40. The van der Waals surface area contributed by atoms with Crippen molar-refractivity contribution in [1.82, 2.24) is 0 Å². The van der Waals surface area contributed by atoms with Gasteiger partial charge in [-0.15, -0.1) is 11.3 Å². The van der Waals surface area contributed by atoms with E-state index in [4.69, 9.17) is 0 Å². The topological polar surface area (TPSA) is 17.1 Å². The molecule has 0 spiro atoms. The summed E-state index contributed by atoms with van der Waals surface area (Å²) < 4.78 is 1.31. The summed E-state index contributed by atoms with van der Waals surface area (Å²) >= 11 is 1.75. The van der Waals surface area contributed by atoms with Crippen molar-refractivity contribution in [1.29, 1.82) is 0 Å². The minimum Gasteiger partial charge on any atom is -0.303 e. The molecule has 1 unspecified atom stereocenters. The van der Waals surface area contributed by atoms with Crippen molar-refractivity contribution < 1.29 is 4.79 Å². The van der Waals surface area contributed by atoms with Crippen LogP contribution in [0, 0.1) is 0 Å². The van der Waals surface area contributed by atoms with Gasteiger partial charge in [-0.05, 0) is 28.3 Å². The third-order valence-electron chi connectivity index (χ3n) is 2.49. The van der Waals surface area contributed by atoms with Gasteiger partial charge in [-0.25, -0.2) is 0 Å². The van der Waals surface area contributed by atoms with Gasteiger partial charge in [0.1, 0.15) is 6.29 Å². The molecule has 0 radical (unpaired) electrons. The van der Waals surface area contributed by atoms with Gasteiger partial charge in [-0.3, -0.25) is 0 Å². The van der Waals surface area contributed by atoms with Crippen molar-refractivity contribution in [3.8, 4) is 0 Å². The van der Waals surface area contributed by atoms with Crippen LogP contribution in [0.1, 0.15) is 24.8 Å². The molecule has 0 fully saturated rings. The van der Waals surface area contributed by atoms with E-state index in [1.165, 1.54) is 15.6 Å². The summed E-state index contributed by atoms with van der Waals surface area (Å²) in [5, 5.41) is 3.46. The molecule has 0 amide bonds. The zero-order valence-electron chi connectivity index (χ0n) is 8.07. The third-order valence-corrected chi connectivity index (χ3v) is 3.47. The van der Waals surface area contributed by atoms with E-state index < -0.39 is 0 Å². The molecule has 0 bridgehead atoms. The highest BCUT2D eigenvalue weighted by Crippen LogP contribution is 2.31. The van der Waals surface area contributed by atoms with Crippen LogP contribution < -0.4 is 0 Å². The zero-order valence-corrected chi connectivity index (χ0v) is 8.88. The highest BCUT2D eigenvalue weighted by Gasteiger charge is 2.09. The summed E-state index contributed by atoms with van der Waals surface area (Å²) in [6.45, 7) is 2.10. The minimum absolute atomic E-state index is 0.337. The molecule has 0 aliphatic rings. The Morgan fingerprint density at radius 2 is 2.21 bits per heavy atom. The maximum absolute atomic E-state index is 10.4. The molecule has 1 nitrogen and oxygen atoms in total. The van der Waals surface area contributed by atoms with Crippen LogP contribution in [0.2, 0.25) is 0 Å². The van der Waals surface area contributed by atoms with E-state index in [1.54, 1.807) is 11.3 Å². The lowest BCUT2D eigenvalue weighted by Gasteiger charge is -2.05. The highest BCUT2D eigenvalue weighted by molar-refractivity contribution is 7.17. The summed E-state index contributed by atoms with van der Waals surface area (Å²) in [6, 6.07) is 8.35. The summed E-state index contributed by atoms with van der Waals surface area (Å²) in [5.41, 5.74) is 1.30. The Morgan fingerprint density at radius 3 is 3.00 bits per heavy atom. The zero-order chi connectivity index (χ0) is 9.97. The molecule has 14 heavy (non-hydrogen) atoms. The van der Waals surface area contributed by atoms with Crippen LogP contribution in [0.5, 0.6) is 0 Å². The fraction of sp³-hybridized carbons (Fsp3) is 0.250.